The molecular formula is C10H23NOSi. The van der Waals surface area contributed by atoms with E-state index in [9.17, 15) is 0 Å². The van der Waals surface area contributed by atoms with Crippen LogP contribution in [0.15, 0.2) is 0 Å². The number of rotatable bonds is 5. The number of hydrogen-bond donors (Lipinski definition) is 1. The molecule has 3 heteroatoms. The van der Waals surface area contributed by atoms with Crippen molar-refractivity contribution in [2.75, 3.05) is 13.1 Å². The summed E-state index contributed by atoms with van der Waals surface area (Å²) in [6, 6.07) is 3.82. The highest BCUT2D eigenvalue weighted by Crippen LogP contribution is 2.24. The van der Waals surface area contributed by atoms with Crippen LogP contribution in [-0.4, -0.2) is 27.5 Å². The summed E-state index contributed by atoms with van der Waals surface area (Å²) in [4.78, 5) is 0. The van der Waals surface area contributed by atoms with Gasteiger partial charge >= 0.3 is 0 Å². The van der Waals surface area contributed by atoms with E-state index in [0.717, 1.165) is 13.1 Å². The zero-order chi connectivity index (χ0) is 9.73. The van der Waals surface area contributed by atoms with Gasteiger partial charge < -0.3 is 9.74 Å². The maximum Gasteiger partial charge on any atom is 0.192 e. The summed E-state index contributed by atoms with van der Waals surface area (Å²) >= 11 is 0. The summed E-state index contributed by atoms with van der Waals surface area (Å²) in [5.74, 6) is 0. The maximum atomic E-state index is 6.32. The molecular weight excluding hydrogens is 178 g/mol. The molecule has 0 aromatic carbocycles. The number of nitrogens with one attached hydrogen (secondary N) is 1. The van der Waals surface area contributed by atoms with Gasteiger partial charge in [-0.3, -0.25) is 0 Å². The van der Waals surface area contributed by atoms with E-state index in [4.69, 9.17) is 4.43 Å². The van der Waals surface area contributed by atoms with E-state index < -0.39 is 8.32 Å². The molecule has 0 radical (unpaired) electrons. The van der Waals surface area contributed by atoms with Crippen molar-refractivity contribution in [1.82, 2.24) is 5.32 Å². The molecule has 2 nitrogen and oxygen atoms in total. The Hall–Kier alpha value is 0.137. The fourth-order valence-electron chi connectivity index (χ4n) is 2.08. The van der Waals surface area contributed by atoms with Gasteiger partial charge in [0.1, 0.15) is 0 Å². The minimum absolute atomic E-state index is 0.520. The Balaban J connectivity index is 2.44. The molecule has 0 spiro atoms. The lowest BCUT2D eigenvalue weighted by Gasteiger charge is -2.31. The molecule has 1 rings (SSSR count). The van der Waals surface area contributed by atoms with Gasteiger partial charge in [0.2, 0.25) is 0 Å². The van der Waals surface area contributed by atoms with Gasteiger partial charge in [0.15, 0.2) is 8.32 Å². The van der Waals surface area contributed by atoms with Gasteiger partial charge in [0.25, 0.3) is 0 Å². The Kier molecular flexibility index (Phi) is 4.42. The first kappa shape index (κ1) is 11.2. The quantitative estimate of drug-likeness (QED) is 0.690. The van der Waals surface area contributed by atoms with Crippen LogP contribution in [0.2, 0.25) is 18.1 Å². The van der Waals surface area contributed by atoms with Gasteiger partial charge in [-0.2, -0.15) is 0 Å². The highest BCUT2D eigenvalue weighted by molar-refractivity contribution is 6.73. The first-order valence-electron chi connectivity index (χ1n) is 5.65. The normalized spacial score (nSPS) is 23.8. The predicted molar refractivity (Wildman–Crippen MR) is 59.6 cm³/mol. The first-order chi connectivity index (χ1) is 6.26. The van der Waals surface area contributed by atoms with Gasteiger partial charge in [0, 0.05) is 6.54 Å². The van der Waals surface area contributed by atoms with E-state index in [-0.39, 0.29) is 0 Å². The van der Waals surface area contributed by atoms with Gasteiger partial charge in [-0.05, 0) is 31.1 Å². The van der Waals surface area contributed by atoms with Crippen molar-refractivity contribution in [2.24, 2.45) is 0 Å². The molecule has 1 aliphatic rings. The van der Waals surface area contributed by atoms with Crippen LogP contribution in [0.1, 0.15) is 27.2 Å². The molecule has 13 heavy (non-hydrogen) atoms. The van der Waals surface area contributed by atoms with Crippen LogP contribution in [-0.2, 0) is 4.43 Å². The summed E-state index contributed by atoms with van der Waals surface area (Å²) < 4.78 is 6.32. The molecule has 1 heterocycles. The SMILES string of the molecule is CC[Si](CC)(CC)O[C@@H]1CCNC1. The molecule has 0 saturated carbocycles. The fraction of sp³-hybridized carbons (Fsp3) is 1.00. The molecule has 0 aromatic heterocycles. The van der Waals surface area contributed by atoms with Crippen LogP contribution < -0.4 is 5.32 Å². The van der Waals surface area contributed by atoms with Crippen LogP contribution in [0.25, 0.3) is 0 Å². The molecule has 0 amide bonds. The van der Waals surface area contributed by atoms with Crippen molar-refractivity contribution in [1.29, 1.82) is 0 Å². The Labute approximate surface area is 83.2 Å². The monoisotopic (exact) mass is 201 g/mol. The lowest BCUT2D eigenvalue weighted by atomic mass is 10.3. The van der Waals surface area contributed by atoms with E-state index in [0.29, 0.717) is 6.10 Å². The van der Waals surface area contributed by atoms with Crippen LogP contribution in [0.3, 0.4) is 0 Å². The average molecular weight is 201 g/mol. The van der Waals surface area contributed by atoms with Crippen LogP contribution >= 0.6 is 0 Å². The van der Waals surface area contributed by atoms with Crippen molar-refractivity contribution in [2.45, 2.75) is 51.4 Å². The zero-order valence-electron chi connectivity index (χ0n) is 9.23. The summed E-state index contributed by atoms with van der Waals surface area (Å²) in [7, 11) is -1.32. The highest BCUT2D eigenvalue weighted by Gasteiger charge is 2.32. The van der Waals surface area contributed by atoms with Gasteiger partial charge in [-0.1, -0.05) is 20.8 Å². The minimum Gasteiger partial charge on any atom is -0.413 e. The second kappa shape index (κ2) is 5.13. The largest absolute Gasteiger partial charge is 0.413 e. The van der Waals surface area contributed by atoms with Crippen LogP contribution in [0.5, 0.6) is 0 Å². The van der Waals surface area contributed by atoms with Gasteiger partial charge in [0.05, 0.1) is 6.10 Å². The summed E-state index contributed by atoms with van der Waals surface area (Å²) in [6.45, 7) is 9.10. The molecule has 1 fully saturated rings. The summed E-state index contributed by atoms with van der Waals surface area (Å²) in [5, 5.41) is 3.36. The smallest absolute Gasteiger partial charge is 0.192 e. The molecule has 1 aliphatic heterocycles. The third-order valence-corrected chi connectivity index (χ3v) is 8.06. The van der Waals surface area contributed by atoms with Crippen LogP contribution in [0, 0.1) is 0 Å². The molecule has 0 bridgehead atoms. The Morgan fingerprint density at radius 2 is 1.85 bits per heavy atom. The Morgan fingerprint density at radius 3 is 2.23 bits per heavy atom. The second-order valence-electron chi connectivity index (χ2n) is 3.98. The van der Waals surface area contributed by atoms with E-state index in [1.807, 2.05) is 0 Å². The Morgan fingerprint density at radius 1 is 1.23 bits per heavy atom. The maximum absolute atomic E-state index is 6.32. The molecule has 0 aliphatic carbocycles. The molecule has 1 atom stereocenters. The predicted octanol–water partition coefficient (Wildman–Crippen LogP) is 2.37. The molecule has 1 N–H and O–H groups in total. The van der Waals surface area contributed by atoms with Crippen LogP contribution in [0.4, 0.5) is 0 Å². The second-order valence-corrected chi connectivity index (χ2v) is 8.70. The minimum atomic E-state index is -1.32. The molecule has 78 valence electrons. The highest BCUT2D eigenvalue weighted by atomic mass is 28.4. The first-order valence-corrected chi connectivity index (χ1v) is 8.17. The van der Waals surface area contributed by atoms with Crippen molar-refractivity contribution in [3.8, 4) is 0 Å². The van der Waals surface area contributed by atoms with Gasteiger partial charge in [-0.15, -0.1) is 0 Å². The fourth-order valence-corrected chi connectivity index (χ4v) is 4.99. The lowest BCUT2D eigenvalue weighted by molar-refractivity contribution is 0.207. The van der Waals surface area contributed by atoms with Crippen molar-refractivity contribution >= 4 is 8.32 Å². The van der Waals surface area contributed by atoms with E-state index >= 15 is 0 Å². The Bertz CT molecular complexity index is 134. The number of hydrogen-bond acceptors (Lipinski definition) is 2. The molecule has 0 aromatic rings. The average Bonchev–Trinajstić information content (AvgIpc) is 2.67. The standard InChI is InChI=1S/C10H23NOSi/c1-4-13(5-2,6-3)12-10-7-8-11-9-10/h10-11H,4-9H2,1-3H3/t10-/m1/s1. The van der Waals surface area contributed by atoms with E-state index in [1.54, 1.807) is 0 Å². The summed E-state index contributed by atoms with van der Waals surface area (Å²) in [6.07, 6.45) is 1.74. The zero-order valence-corrected chi connectivity index (χ0v) is 10.2. The summed E-state index contributed by atoms with van der Waals surface area (Å²) in [5.41, 5.74) is 0. The van der Waals surface area contributed by atoms with E-state index in [2.05, 4.69) is 26.1 Å². The van der Waals surface area contributed by atoms with Gasteiger partial charge in [-0.25, -0.2) is 0 Å². The topological polar surface area (TPSA) is 21.3 Å². The molecule has 0 unspecified atom stereocenters. The van der Waals surface area contributed by atoms with Crippen molar-refractivity contribution in [3.63, 3.8) is 0 Å². The third kappa shape index (κ3) is 2.79. The molecule has 1 saturated heterocycles. The lowest BCUT2D eigenvalue weighted by Crippen LogP contribution is -2.40. The van der Waals surface area contributed by atoms with Crippen molar-refractivity contribution in [3.05, 3.63) is 0 Å². The van der Waals surface area contributed by atoms with E-state index in [1.165, 1.54) is 24.6 Å². The van der Waals surface area contributed by atoms with Crippen molar-refractivity contribution < 1.29 is 4.43 Å². The third-order valence-electron chi connectivity index (χ3n) is 3.36.